The van der Waals surface area contributed by atoms with Gasteiger partial charge in [0.15, 0.2) is 0 Å². The van der Waals surface area contributed by atoms with Crippen LogP contribution in [0.1, 0.15) is 19.3 Å². The van der Waals surface area contributed by atoms with E-state index in [2.05, 4.69) is 14.7 Å². The lowest BCUT2D eigenvalue weighted by molar-refractivity contribution is 0.349. The van der Waals surface area contributed by atoms with Crippen LogP contribution in [0.2, 0.25) is 5.15 Å². The topological polar surface area (TPSA) is 75.2 Å². The third kappa shape index (κ3) is 3.08. The minimum Gasteiger partial charge on any atom is -0.254 e. The Labute approximate surface area is 155 Å². The molecule has 1 saturated heterocycles. The van der Waals surface area contributed by atoms with Crippen molar-refractivity contribution in [1.29, 1.82) is 0 Å². The zero-order valence-corrected chi connectivity index (χ0v) is 15.3. The van der Waals surface area contributed by atoms with E-state index in [0.29, 0.717) is 34.8 Å². The zero-order chi connectivity index (χ0) is 18.3. The Morgan fingerprint density at radius 2 is 1.88 bits per heavy atom. The molecule has 1 aromatic carbocycles. The minimum atomic E-state index is -3.74. The van der Waals surface area contributed by atoms with E-state index in [4.69, 9.17) is 11.6 Å². The van der Waals surface area contributed by atoms with Gasteiger partial charge in [0.25, 0.3) is 0 Å². The number of piperidine rings is 1. The van der Waals surface area contributed by atoms with Gasteiger partial charge in [0.1, 0.15) is 16.8 Å². The number of anilines is 1. The minimum absolute atomic E-state index is 0.153. The van der Waals surface area contributed by atoms with Gasteiger partial charge in [-0.15, -0.1) is 0 Å². The van der Waals surface area contributed by atoms with Gasteiger partial charge in [0.05, 0.1) is 5.52 Å². The Hall–Kier alpha value is -2.03. The van der Waals surface area contributed by atoms with Gasteiger partial charge in [0.2, 0.25) is 0 Å². The number of halogens is 2. The molecule has 0 aliphatic carbocycles. The first-order valence-corrected chi connectivity index (χ1v) is 10.1. The molecule has 1 aliphatic heterocycles. The van der Waals surface area contributed by atoms with Gasteiger partial charge in [-0.25, -0.2) is 14.4 Å². The quantitative estimate of drug-likeness (QED) is 0.542. The van der Waals surface area contributed by atoms with Crippen molar-refractivity contribution in [1.82, 2.24) is 14.3 Å². The van der Waals surface area contributed by atoms with E-state index in [1.54, 1.807) is 6.07 Å². The molecular formula is C17H16ClFN4O2S. The van der Waals surface area contributed by atoms with Crippen LogP contribution in [-0.4, -0.2) is 35.8 Å². The largest absolute Gasteiger partial charge is 0.302 e. The molecule has 0 bridgehead atoms. The molecular weight excluding hydrogens is 379 g/mol. The number of fused-ring (bicyclic) bond motifs is 3. The fraction of sp³-hybridized carbons (Fsp3) is 0.294. The number of aromatic nitrogens is 2. The summed E-state index contributed by atoms with van der Waals surface area (Å²) < 4.78 is 43.3. The van der Waals surface area contributed by atoms with Crippen molar-refractivity contribution in [3.8, 4) is 0 Å². The van der Waals surface area contributed by atoms with Gasteiger partial charge in [-0.2, -0.15) is 12.7 Å². The van der Waals surface area contributed by atoms with E-state index in [9.17, 15) is 12.8 Å². The first kappa shape index (κ1) is 17.4. The van der Waals surface area contributed by atoms with Crippen molar-refractivity contribution in [2.45, 2.75) is 19.3 Å². The summed E-state index contributed by atoms with van der Waals surface area (Å²) >= 11 is 6.18. The number of rotatable bonds is 3. The van der Waals surface area contributed by atoms with Crippen molar-refractivity contribution in [3.63, 3.8) is 0 Å². The molecule has 0 radical (unpaired) electrons. The molecule has 1 aliphatic rings. The normalized spacial score (nSPS) is 16.2. The Bertz CT molecular complexity index is 1100. The molecule has 2 aromatic heterocycles. The molecule has 1 N–H and O–H groups in total. The van der Waals surface area contributed by atoms with Gasteiger partial charge in [-0.3, -0.25) is 4.72 Å². The average molecular weight is 395 g/mol. The lowest BCUT2D eigenvalue weighted by atomic mass is 10.1. The van der Waals surface area contributed by atoms with Crippen LogP contribution in [0.4, 0.5) is 10.2 Å². The first-order valence-electron chi connectivity index (χ1n) is 8.27. The van der Waals surface area contributed by atoms with E-state index < -0.39 is 16.0 Å². The number of hydrogen-bond donors (Lipinski definition) is 1. The predicted octanol–water partition coefficient (Wildman–Crippen LogP) is 3.72. The highest BCUT2D eigenvalue weighted by Gasteiger charge is 2.25. The fourth-order valence-electron chi connectivity index (χ4n) is 3.25. The van der Waals surface area contributed by atoms with Crippen LogP contribution in [-0.2, 0) is 10.2 Å². The van der Waals surface area contributed by atoms with E-state index in [1.807, 2.05) is 0 Å². The summed E-state index contributed by atoms with van der Waals surface area (Å²) in [6.45, 7) is 0.955. The Morgan fingerprint density at radius 1 is 1.12 bits per heavy atom. The SMILES string of the molecule is O=S(=O)(Nc1nc2ccnc(Cl)c2c2cc(F)ccc12)N1CCCCC1. The highest BCUT2D eigenvalue weighted by atomic mass is 35.5. The van der Waals surface area contributed by atoms with E-state index >= 15 is 0 Å². The number of nitrogens with one attached hydrogen (secondary N) is 1. The van der Waals surface area contributed by atoms with Crippen LogP contribution in [0, 0.1) is 5.82 Å². The molecule has 4 rings (SSSR count). The van der Waals surface area contributed by atoms with E-state index in [-0.39, 0.29) is 11.0 Å². The smallest absolute Gasteiger partial charge is 0.254 e. The van der Waals surface area contributed by atoms with Gasteiger partial charge in [-0.1, -0.05) is 18.0 Å². The zero-order valence-electron chi connectivity index (χ0n) is 13.7. The summed E-state index contributed by atoms with van der Waals surface area (Å²) in [4.78, 5) is 8.43. The monoisotopic (exact) mass is 394 g/mol. The first-order chi connectivity index (χ1) is 12.5. The second kappa shape index (κ2) is 6.61. The molecule has 0 atom stereocenters. The van der Waals surface area contributed by atoms with Crippen molar-refractivity contribution in [2.24, 2.45) is 0 Å². The third-order valence-electron chi connectivity index (χ3n) is 4.50. The fourth-order valence-corrected chi connectivity index (χ4v) is 4.77. The number of nitrogens with zero attached hydrogens (tertiary/aromatic N) is 3. The second-order valence-electron chi connectivity index (χ2n) is 6.21. The maximum Gasteiger partial charge on any atom is 0.302 e. The number of benzene rings is 1. The highest BCUT2D eigenvalue weighted by Crippen LogP contribution is 2.33. The molecule has 0 unspecified atom stereocenters. The summed E-state index contributed by atoms with van der Waals surface area (Å²) in [7, 11) is -3.74. The molecule has 9 heteroatoms. The second-order valence-corrected chi connectivity index (χ2v) is 8.24. The van der Waals surface area contributed by atoms with Crippen molar-refractivity contribution in [3.05, 3.63) is 41.4 Å². The molecule has 1 fully saturated rings. The molecule has 136 valence electrons. The third-order valence-corrected chi connectivity index (χ3v) is 6.28. The Morgan fingerprint density at radius 3 is 2.65 bits per heavy atom. The van der Waals surface area contributed by atoms with Crippen LogP contribution in [0.3, 0.4) is 0 Å². The molecule has 3 aromatic rings. The Balaban J connectivity index is 1.89. The van der Waals surface area contributed by atoms with Crippen molar-refractivity contribution >= 4 is 49.3 Å². The number of pyridine rings is 2. The highest BCUT2D eigenvalue weighted by molar-refractivity contribution is 7.90. The Kier molecular flexibility index (Phi) is 4.42. The van der Waals surface area contributed by atoms with Crippen LogP contribution in [0.25, 0.3) is 21.7 Å². The van der Waals surface area contributed by atoms with Crippen LogP contribution >= 0.6 is 11.6 Å². The predicted molar refractivity (Wildman–Crippen MR) is 100.0 cm³/mol. The summed E-state index contributed by atoms with van der Waals surface area (Å²) in [5, 5.41) is 1.61. The van der Waals surface area contributed by atoms with Gasteiger partial charge in [0, 0.05) is 35.4 Å². The maximum atomic E-state index is 13.8. The summed E-state index contributed by atoms with van der Waals surface area (Å²) in [5.41, 5.74) is 0.444. The summed E-state index contributed by atoms with van der Waals surface area (Å²) in [6, 6.07) is 5.68. The molecule has 0 spiro atoms. The molecule has 26 heavy (non-hydrogen) atoms. The van der Waals surface area contributed by atoms with Gasteiger partial charge in [-0.05, 0) is 37.1 Å². The summed E-state index contributed by atoms with van der Waals surface area (Å²) in [6.07, 6.45) is 4.16. The number of hydrogen-bond acceptors (Lipinski definition) is 4. The van der Waals surface area contributed by atoms with Crippen molar-refractivity contribution < 1.29 is 12.8 Å². The molecule has 6 nitrogen and oxygen atoms in total. The van der Waals surface area contributed by atoms with E-state index in [1.165, 1.54) is 28.7 Å². The molecule has 3 heterocycles. The van der Waals surface area contributed by atoms with Crippen LogP contribution in [0.15, 0.2) is 30.5 Å². The lowest BCUT2D eigenvalue weighted by Crippen LogP contribution is -2.39. The lowest BCUT2D eigenvalue weighted by Gasteiger charge is -2.26. The van der Waals surface area contributed by atoms with Crippen LogP contribution in [0.5, 0.6) is 0 Å². The van der Waals surface area contributed by atoms with Crippen LogP contribution < -0.4 is 4.72 Å². The molecule has 0 saturated carbocycles. The maximum absolute atomic E-state index is 13.8. The van der Waals surface area contributed by atoms with E-state index in [0.717, 1.165) is 19.3 Å². The van der Waals surface area contributed by atoms with Gasteiger partial charge >= 0.3 is 10.2 Å². The van der Waals surface area contributed by atoms with Gasteiger partial charge < -0.3 is 0 Å². The summed E-state index contributed by atoms with van der Waals surface area (Å²) in [5.74, 6) is -0.296. The molecule has 0 amide bonds. The average Bonchev–Trinajstić information content (AvgIpc) is 2.62. The standard InChI is InChI=1S/C17H16ClFN4O2S/c18-16-15-13-10-11(19)4-5-12(13)17(21-14(15)6-7-20-16)22-26(24,25)23-8-2-1-3-9-23/h4-7,10H,1-3,8-9H2,(H,21,22). The van der Waals surface area contributed by atoms with Crippen molar-refractivity contribution in [2.75, 3.05) is 17.8 Å².